The predicted octanol–water partition coefficient (Wildman–Crippen LogP) is 3.02. The van der Waals surface area contributed by atoms with Crippen molar-refractivity contribution in [2.75, 3.05) is 13.1 Å². The molecule has 0 atom stereocenters. The number of alkyl carbamates (subject to hydrolysis) is 1. The van der Waals surface area contributed by atoms with Crippen LogP contribution < -0.4 is 10.6 Å². The molecule has 0 aliphatic carbocycles. The van der Waals surface area contributed by atoms with Crippen LogP contribution in [0.1, 0.15) is 44.3 Å². The molecule has 0 fully saturated rings. The quantitative estimate of drug-likeness (QED) is 0.795. The Bertz CT molecular complexity index is 669. The fraction of sp³-hybridized carbons (Fsp3) is 0.625. The first kappa shape index (κ1) is 17.7. The summed E-state index contributed by atoms with van der Waals surface area (Å²) in [6.07, 6.45) is 0.489. The number of carbonyl (C=O) groups is 1. The average molecular weight is 338 g/mol. The molecule has 2 N–H and O–H groups in total. The van der Waals surface area contributed by atoms with Crippen molar-refractivity contribution in [2.45, 2.75) is 53.2 Å². The van der Waals surface area contributed by atoms with Gasteiger partial charge in [-0.15, -0.1) is 11.3 Å². The summed E-state index contributed by atoms with van der Waals surface area (Å²) in [5.41, 5.74) is 3.04. The largest absolute Gasteiger partial charge is 0.444 e. The number of aromatic nitrogens is 2. The van der Waals surface area contributed by atoms with E-state index in [4.69, 9.17) is 4.74 Å². The third-order valence-corrected chi connectivity index (χ3v) is 4.26. The van der Waals surface area contributed by atoms with Crippen molar-refractivity contribution in [1.29, 1.82) is 0 Å². The lowest BCUT2D eigenvalue weighted by Gasteiger charge is -2.19. The van der Waals surface area contributed by atoms with Gasteiger partial charge in [-0.3, -0.25) is 4.40 Å². The number of nitrogens with zero attached hydrogens (tertiary/aromatic N) is 2. The standard InChI is InChI=1S/C16H26N4O2S/c1-11-10-23-14-19-12(2)13(20(11)14)9-17-7-6-8-18-15(21)22-16(3,4)5/h10,17H,6-9H2,1-5H3,(H,18,21). The molecule has 0 aliphatic heterocycles. The molecule has 0 aliphatic rings. The summed E-state index contributed by atoms with van der Waals surface area (Å²) in [5, 5.41) is 8.29. The number of ether oxygens (including phenoxy) is 1. The maximum Gasteiger partial charge on any atom is 0.407 e. The van der Waals surface area contributed by atoms with E-state index >= 15 is 0 Å². The van der Waals surface area contributed by atoms with E-state index in [1.165, 1.54) is 11.4 Å². The van der Waals surface area contributed by atoms with E-state index in [0.29, 0.717) is 6.54 Å². The third-order valence-electron chi connectivity index (χ3n) is 3.32. The number of imidazole rings is 1. The van der Waals surface area contributed by atoms with Crippen molar-refractivity contribution in [3.63, 3.8) is 0 Å². The van der Waals surface area contributed by atoms with Gasteiger partial charge in [-0.25, -0.2) is 9.78 Å². The number of hydrogen-bond donors (Lipinski definition) is 2. The summed E-state index contributed by atoms with van der Waals surface area (Å²) < 4.78 is 7.39. The fourth-order valence-corrected chi connectivity index (χ4v) is 3.23. The van der Waals surface area contributed by atoms with E-state index in [9.17, 15) is 4.79 Å². The van der Waals surface area contributed by atoms with E-state index in [0.717, 1.165) is 30.2 Å². The highest BCUT2D eigenvalue weighted by atomic mass is 32.1. The highest BCUT2D eigenvalue weighted by Crippen LogP contribution is 2.20. The lowest BCUT2D eigenvalue weighted by molar-refractivity contribution is 0.0527. The Hall–Kier alpha value is -1.60. The normalized spacial score (nSPS) is 11.9. The van der Waals surface area contributed by atoms with Crippen molar-refractivity contribution in [1.82, 2.24) is 20.0 Å². The first-order valence-electron chi connectivity index (χ1n) is 7.87. The van der Waals surface area contributed by atoms with E-state index in [1.54, 1.807) is 11.3 Å². The SMILES string of the molecule is Cc1nc2scc(C)n2c1CNCCCNC(=O)OC(C)(C)C. The number of aryl methyl sites for hydroxylation is 2. The molecule has 23 heavy (non-hydrogen) atoms. The van der Waals surface area contributed by atoms with Crippen LogP contribution in [0.4, 0.5) is 4.79 Å². The summed E-state index contributed by atoms with van der Waals surface area (Å²) in [4.78, 5) is 17.1. The van der Waals surface area contributed by atoms with Gasteiger partial charge in [0.15, 0.2) is 4.96 Å². The van der Waals surface area contributed by atoms with E-state index in [-0.39, 0.29) is 6.09 Å². The van der Waals surface area contributed by atoms with Gasteiger partial charge < -0.3 is 15.4 Å². The Balaban J connectivity index is 1.70. The van der Waals surface area contributed by atoms with Gasteiger partial charge in [0, 0.05) is 24.2 Å². The Labute approximate surface area is 141 Å². The monoisotopic (exact) mass is 338 g/mol. The van der Waals surface area contributed by atoms with Crippen LogP contribution in [0.25, 0.3) is 4.96 Å². The minimum Gasteiger partial charge on any atom is -0.444 e. The summed E-state index contributed by atoms with van der Waals surface area (Å²) in [7, 11) is 0. The van der Waals surface area contributed by atoms with Crippen molar-refractivity contribution in [3.05, 3.63) is 22.5 Å². The second-order valence-corrected chi connectivity index (χ2v) is 7.43. The number of fused-ring (bicyclic) bond motifs is 1. The Morgan fingerprint density at radius 2 is 2.09 bits per heavy atom. The van der Waals surface area contributed by atoms with Crippen molar-refractivity contribution < 1.29 is 9.53 Å². The van der Waals surface area contributed by atoms with Crippen LogP contribution in [0.15, 0.2) is 5.38 Å². The van der Waals surface area contributed by atoms with Crippen LogP contribution in [0.3, 0.4) is 0 Å². The summed E-state index contributed by atoms with van der Waals surface area (Å²) >= 11 is 1.67. The predicted molar refractivity (Wildman–Crippen MR) is 93.1 cm³/mol. The van der Waals surface area contributed by atoms with E-state index in [1.807, 2.05) is 27.7 Å². The molecule has 1 amide bonds. The van der Waals surface area contributed by atoms with Gasteiger partial charge in [0.25, 0.3) is 0 Å². The molecule has 7 heteroatoms. The molecular weight excluding hydrogens is 312 g/mol. The number of amides is 1. The molecule has 2 heterocycles. The summed E-state index contributed by atoms with van der Waals surface area (Å²) in [5.74, 6) is 0. The Morgan fingerprint density at radius 3 is 2.78 bits per heavy atom. The first-order valence-corrected chi connectivity index (χ1v) is 8.75. The molecule has 0 aromatic carbocycles. The molecule has 2 aromatic heterocycles. The first-order chi connectivity index (χ1) is 10.8. The number of hydrogen-bond acceptors (Lipinski definition) is 5. The molecule has 2 rings (SSSR count). The molecule has 0 radical (unpaired) electrons. The van der Waals surface area contributed by atoms with Crippen molar-refractivity contribution in [3.8, 4) is 0 Å². The van der Waals surface area contributed by atoms with Gasteiger partial charge in [0.1, 0.15) is 5.60 Å². The minimum absolute atomic E-state index is 0.361. The molecule has 0 bridgehead atoms. The van der Waals surface area contributed by atoms with Gasteiger partial charge >= 0.3 is 6.09 Å². The number of nitrogens with one attached hydrogen (secondary N) is 2. The lowest BCUT2D eigenvalue weighted by atomic mass is 10.2. The van der Waals surface area contributed by atoms with Crippen LogP contribution in [0.5, 0.6) is 0 Å². The maximum absolute atomic E-state index is 11.5. The molecule has 0 unspecified atom stereocenters. The van der Waals surface area contributed by atoms with Crippen LogP contribution in [-0.2, 0) is 11.3 Å². The molecule has 0 saturated heterocycles. The highest BCUT2D eigenvalue weighted by Gasteiger charge is 2.15. The topological polar surface area (TPSA) is 67.7 Å². The molecule has 0 saturated carbocycles. The molecular formula is C16H26N4O2S. The van der Waals surface area contributed by atoms with Gasteiger partial charge in [0.05, 0.1) is 11.4 Å². The van der Waals surface area contributed by atoms with Gasteiger partial charge in [0.2, 0.25) is 0 Å². The lowest BCUT2D eigenvalue weighted by Crippen LogP contribution is -2.33. The summed E-state index contributed by atoms with van der Waals surface area (Å²) in [6.45, 7) is 11.9. The molecule has 2 aromatic rings. The maximum atomic E-state index is 11.5. The zero-order valence-corrected chi connectivity index (χ0v) is 15.3. The van der Waals surface area contributed by atoms with Gasteiger partial charge in [-0.1, -0.05) is 0 Å². The van der Waals surface area contributed by atoms with E-state index in [2.05, 4.69) is 32.3 Å². The van der Waals surface area contributed by atoms with Crippen molar-refractivity contribution in [2.24, 2.45) is 0 Å². The van der Waals surface area contributed by atoms with Crippen LogP contribution in [0, 0.1) is 13.8 Å². The Kier molecular flexibility index (Phi) is 5.64. The molecule has 6 nitrogen and oxygen atoms in total. The highest BCUT2D eigenvalue weighted by molar-refractivity contribution is 7.15. The minimum atomic E-state index is -0.453. The number of thiazole rings is 1. The zero-order chi connectivity index (χ0) is 17.0. The van der Waals surface area contributed by atoms with Gasteiger partial charge in [-0.05, 0) is 47.6 Å². The molecule has 0 spiro atoms. The zero-order valence-electron chi connectivity index (χ0n) is 14.5. The molecule has 128 valence electrons. The van der Waals surface area contributed by atoms with Gasteiger partial charge in [-0.2, -0.15) is 0 Å². The van der Waals surface area contributed by atoms with Crippen LogP contribution >= 0.6 is 11.3 Å². The van der Waals surface area contributed by atoms with Crippen molar-refractivity contribution >= 4 is 22.4 Å². The fourth-order valence-electron chi connectivity index (χ4n) is 2.30. The smallest absolute Gasteiger partial charge is 0.407 e. The Morgan fingerprint density at radius 1 is 1.35 bits per heavy atom. The average Bonchev–Trinajstić information content (AvgIpc) is 2.92. The van der Waals surface area contributed by atoms with Crippen LogP contribution in [-0.4, -0.2) is 34.2 Å². The van der Waals surface area contributed by atoms with E-state index < -0.39 is 5.60 Å². The second kappa shape index (κ2) is 7.31. The number of rotatable bonds is 6. The number of carbonyl (C=O) groups excluding carboxylic acids is 1. The second-order valence-electron chi connectivity index (χ2n) is 6.60. The summed E-state index contributed by atoms with van der Waals surface area (Å²) in [6, 6.07) is 0. The van der Waals surface area contributed by atoms with Crippen LogP contribution in [0.2, 0.25) is 0 Å². The third kappa shape index (κ3) is 4.94.